The fourth-order valence-corrected chi connectivity index (χ4v) is 2.44. The first kappa shape index (κ1) is 16.9. The molecular weight excluding hydrogens is 290 g/mol. The fourth-order valence-electron chi connectivity index (χ4n) is 2.44. The van der Waals surface area contributed by atoms with E-state index < -0.39 is 0 Å². The molecule has 0 atom stereocenters. The normalized spacial score (nSPS) is 10.2. The van der Waals surface area contributed by atoms with Crippen LogP contribution >= 0.6 is 0 Å². The van der Waals surface area contributed by atoms with Crippen LogP contribution in [0.5, 0.6) is 11.5 Å². The molecule has 122 valence electrons. The number of hydrogen-bond donors (Lipinski definition) is 1. The Kier molecular flexibility index (Phi) is 6.03. The summed E-state index contributed by atoms with van der Waals surface area (Å²) in [7, 11) is 3.30. The summed E-state index contributed by atoms with van der Waals surface area (Å²) in [5, 5.41) is 2.95. The van der Waals surface area contributed by atoms with Crippen LogP contribution in [-0.2, 0) is 17.6 Å². The van der Waals surface area contributed by atoms with Crippen molar-refractivity contribution < 1.29 is 14.3 Å². The quantitative estimate of drug-likeness (QED) is 0.855. The molecule has 2 rings (SSSR count). The number of carbonyl (C=O) groups excluding carboxylic acids is 1. The molecule has 0 fully saturated rings. The van der Waals surface area contributed by atoms with Crippen molar-refractivity contribution in [3.05, 3.63) is 59.2 Å². The predicted molar refractivity (Wildman–Crippen MR) is 91.1 cm³/mol. The molecule has 0 saturated carbocycles. The Hall–Kier alpha value is -2.49. The number of hydrogen-bond acceptors (Lipinski definition) is 3. The zero-order valence-electron chi connectivity index (χ0n) is 13.9. The van der Waals surface area contributed by atoms with E-state index in [0.717, 1.165) is 29.0 Å². The first-order valence-electron chi connectivity index (χ1n) is 7.65. The van der Waals surface area contributed by atoms with Crippen molar-refractivity contribution in [3.8, 4) is 11.5 Å². The van der Waals surface area contributed by atoms with Crippen LogP contribution in [0.15, 0.2) is 42.5 Å². The Morgan fingerprint density at radius 1 is 1.00 bits per heavy atom. The van der Waals surface area contributed by atoms with Crippen molar-refractivity contribution in [2.75, 3.05) is 20.8 Å². The number of nitrogens with one attached hydrogen (secondary N) is 1. The van der Waals surface area contributed by atoms with E-state index in [1.807, 2.05) is 49.4 Å². The zero-order valence-corrected chi connectivity index (χ0v) is 13.9. The molecule has 0 bridgehead atoms. The Morgan fingerprint density at radius 2 is 1.70 bits per heavy atom. The highest BCUT2D eigenvalue weighted by Gasteiger charge is 2.05. The molecule has 0 aromatic heterocycles. The minimum atomic E-state index is 0.0306. The summed E-state index contributed by atoms with van der Waals surface area (Å²) in [5.41, 5.74) is 3.20. The minimum absolute atomic E-state index is 0.0306. The second kappa shape index (κ2) is 8.22. The fraction of sp³-hybridized carbons (Fsp3) is 0.316. The molecule has 2 aromatic carbocycles. The maximum Gasteiger partial charge on any atom is 0.224 e. The lowest BCUT2D eigenvalue weighted by atomic mass is 10.1. The first-order chi connectivity index (χ1) is 11.1. The molecule has 1 amide bonds. The van der Waals surface area contributed by atoms with Gasteiger partial charge in [0.2, 0.25) is 5.91 Å². The van der Waals surface area contributed by atoms with E-state index in [1.165, 1.54) is 5.56 Å². The maximum atomic E-state index is 12.0. The van der Waals surface area contributed by atoms with Crippen molar-refractivity contribution in [1.82, 2.24) is 5.32 Å². The second-order valence-corrected chi connectivity index (χ2v) is 5.43. The molecular formula is C19H23NO3. The molecule has 23 heavy (non-hydrogen) atoms. The van der Waals surface area contributed by atoms with Gasteiger partial charge in [-0.3, -0.25) is 4.79 Å². The van der Waals surface area contributed by atoms with Gasteiger partial charge in [-0.15, -0.1) is 0 Å². The highest BCUT2D eigenvalue weighted by atomic mass is 16.5. The summed E-state index contributed by atoms with van der Waals surface area (Å²) in [5.74, 6) is 1.71. The Bertz CT molecular complexity index is 650. The van der Waals surface area contributed by atoms with Gasteiger partial charge in [-0.2, -0.15) is 0 Å². The topological polar surface area (TPSA) is 47.6 Å². The summed E-state index contributed by atoms with van der Waals surface area (Å²) in [6.45, 7) is 2.60. The van der Waals surface area contributed by atoms with Gasteiger partial charge in [0, 0.05) is 6.54 Å². The van der Waals surface area contributed by atoms with Crippen LogP contribution < -0.4 is 14.8 Å². The predicted octanol–water partition coefficient (Wildman–Crippen LogP) is 2.91. The lowest BCUT2D eigenvalue weighted by Gasteiger charge is -2.08. The van der Waals surface area contributed by atoms with Crippen LogP contribution in [0.25, 0.3) is 0 Å². The Balaban J connectivity index is 1.79. The minimum Gasteiger partial charge on any atom is -0.497 e. The number of rotatable bonds is 7. The summed E-state index contributed by atoms with van der Waals surface area (Å²) in [6, 6.07) is 13.7. The van der Waals surface area contributed by atoms with Crippen LogP contribution in [-0.4, -0.2) is 26.7 Å². The largest absolute Gasteiger partial charge is 0.497 e. The van der Waals surface area contributed by atoms with E-state index in [2.05, 4.69) is 5.32 Å². The van der Waals surface area contributed by atoms with E-state index >= 15 is 0 Å². The van der Waals surface area contributed by atoms with E-state index in [1.54, 1.807) is 14.2 Å². The first-order valence-corrected chi connectivity index (χ1v) is 7.65. The van der Waals surface area contributed by atoms with E-state index in [4.69, 9.17) is 9.47 Å². The van der Waals surface area contributed by atoms with Gasteiger partial charge in [0.25, 0.3) is 0 Å². The molecule has 0 spiro atoms. The van der Waals surface area contributed by atoms with Crippen molar-refractivity contribution in [2.45, 2.75) is 19.8 Å². The third kappa shape index (κ3) is 5.02. The van der Waals surface area contributed by atoms with Crippen molar-refractivity contribution in [2.24, 2.45) is 0 Å². The smallest absolute Gasteiger partial charge is 0.224 e. The Morgan fingerprint density at radius 3 is 2.30 bits per heavy atom. The summed E-state index contributed by atoms with van der Waals surface area (Å²) >= 11 is 0. The Labute approximate surface area is 137 Å². The molecule has 0 aliphatic rings. The third-order valence-electron chi connectivity index (χ3n) is 3.72. The highest BCUT2D eigenvalue weighted by Crippen LogP contribution is 2.18. The number of benzene rings is 2. The lowest BCUT2D eigenvalue weighted by molar-refractivity contribution is -0.120. The zero-order chi connectivity index (χ0) is 16.7. The molecule has 4 nitrogen and oxygen atoms in total. The molecule has 0 saturated heterocycles. The average molecular weight is 313 g/mol. The number of amides is 1. The van der Waals surface area contributed by atoms with Crippen LogP contribution in [0.3, 0.4) is 0 Å². The van der Waals surface area contributed by atoms with Crippen LogP contribution in [0.2, 0.25) is 0 Å². The number of aryl methyl sites for hydroxylation is 1. The van der Waals surface area contributed by atoms with Gasteiger partial charge < -0.3 is 14.8 Å². The summed E-state index contributed by atoms with van der Waals surface area (Å²) < 4.78 is 10.4. The van der Waals surface area contributed by atoms with E-state index in [-0.39, 0.29) is 5.91 Å². The van der Waals surface area contributed by atoms with Crippen molar-refractivity contribution in [3.63, 3.8) is 0 Å². The molecule has 0 heterocycles. The van der Waals surface area contributed by atoms with Crippen molar-refractivity contribution >= 4 is 5.91 Å². The molecule has 0 unspecified atom stereocenters. The number of methoxy groups -OCH3 is 2. The van der Waals surface area contributed by atoms with Gasteiger partial charge in [0.05, 0.1) is 20.6 Å². The molecule has 0 aliphatic carbocycles. The molecule has 0 radical (unpaired) electrons. The van der Waals surface area contributed by atoms with Gasteiger partial charge in [0.1, 0.15) is 11.5 Å². The highest BCUT2D eigenvalue weighted by molar-refractivity contribution is 5.78. The molecule has 0 aliphatic heterocycles. The third-order valence-corrected chi connectivity index (χ3v) is 3.72. The van der Waals surface area contributed by atoms with Gasteiger partial charge >= 0.3 is 0 Å². The lowest BCUT2D eigenvalue weighted by Crippen LogP contribution is -2.27. The van der Waals surface area contributed by atoms with Gasteiger partial charge in [-0.25, -0.2) is 0 Å². The van der Waals surface area contributed by atoms with Crippen LogP contribution in [0.4, 0.5) is 0 Å². The SMILES string of the molecule is COc1ccc(CCNC(=O)Cc2ccc(OC)c(C)c2)cc1. The summed E-state index contributed by atoms with van der Waals surface area (Å²) in [4.78, 5) is 12.0. The van der Waals surface area contributed by atoms with Crippen LogP contribution in [0, 0.1) is 6.92 Å². The molecule has 1 N–H and O–H groups in total. The molecule has 4 heteroatoms. The van der Waals surface area contributed by atoms with Gasteiger partial charge in [-0.05, 0) is 48.2 Å². The summed E-state index contributed by atoms with van der Waals surface area (Å²) in [6.07, 6.45) is 1.19. The van der Waals surface area contributed by atoms with E-state index in [0.29, 0.717) is 13.0 Å². The monoisotopic (exact) mass is 313 g/mol. The standard InChI is InChI=1S/C19H23NO3/c1-14-12-16(6-9-18(14)23-3)13-19(21)20-11-10-15-4-7-17(22-2)8-5-15/h4-9,12H,10-11,13H2,1-3H3,(H,20,21). The molecule has 2 aromatic rings. The van der Waals surface area contributed by atoms with Crippen molar-refractivity contribution in [1.29, 1.82) is 0 Å². The number of ether oxygens (including phenoxy) is 2. The van der Waals surface area contributed by atoms with E-state index in [9.17, 15) is 4.79 Å². The average Bonchev–Trinajstić information content (AvgIpc) is 2.55. The maximum absolute atomic E-state index is 12.0. The van der Waals surface area contributed by atoms with Gasteiger partial charge in [-0.1, -0.05) is 24.3 Å². The van der Waals surface area contributed by atoms with Crippen LogP contribution in [0.1, 0.15) is 16.7 Å². The second-order valence-electron chi connectivity index (χ2n) is 5.43. The van der Waals surface area contributed by atoms with Gasteiger partial charge in [0.15, 0.2) is 0 Å². The number of carbonyl (C=O) groups is 1.